The summed E-state index contributed by atoms with van der Waals surface area (Å²) in [5.41, 5.74) is 1.57. The lowest BCUT2D eigenvalue weighted by atomic mass is 9.59. The number of hydrogen-bond acceptors (Lipinski definition) is 2. The Balaban J connectivity index is 1.77. The number of rotatable bonds is 8. The minimum Gasteiger partial charge on any atom is -0.298 e. The molecule has 0 aromatic heterocycles. The van der Waals surface area contributed by atoms with Crippen LogP contribution >= 0.6 is 0 Å². The molecule has 0 saturated carbocycles. The van der Waals surface area contributed by atoms with Crippen molar-refractivity contribution in [1.29, 1.82) is 0 Å². The summed E-state index contributed by atoms with van der Waals surface area (Å²) in [5.74, 6) is 0.859. The van der Waals surface area contributed by atoms with Crippen LogP contribution in [-0.4, -0.2) is 29.8 Å². The van der Waals surface area contributed by atoms with Gasteiger partial charge in [-0.2, -0.15) is 0 Å². The number of carbonyl (C=O) groups is 1. The number of unbranched alkanes of at least 4 members (excludes halogenated alkanes) is 2. The van der Waals surface area contributed by atoms with Crippen molar-refractivity contribution in [3.05, 3.63) is 35.9 Å². The van der Waals surface area contributed by atoms with Crippen LogP contribution in [0.5, 0.6) is 0 Å². The SMILES string of the molecule is CCCCC1(CCCC)CN2CCC1C(=O)C2Cc1ccccc1. The maximum Gasteiger partial charge on any atom is 0.154 e. The molecule has 0 N–H and O–H groups in total. The topological polar surface area (TPSA) is 20.3 Å². The Morgan fingerprint density at radius 2 is 1.75 bits per heavy atom. The molecule has 2 bridgehead atoms. The first-order valence-electron chi connectivity index (χ1n) is 10.0. The quantitative estimate of drug-likeness (QED) is 0.679. The number of carbonyl (C=O) groups excluding carboxylic acids is 1. The van der Waals surface area contributed by atoms with Crippen LogP contribution in [0.15, 0.2) is 30.3 Å². The molecule has 0 amide bonds. The van der Waals surface area contributed by atoms with Gasteiger partial charge in [-0.05, 0) is 43.2 Å². The van der Waals surface area contributed by atoms with Gasteiger partial charge in [-0.25, -0.2) is 0 Å². The molecule has 1 aromatic carbocycles. The van der Waals surface area contributed by atoms with E-state index >= 15 is 0 Å². The summed E-state index contributed by atoms with van der Waals surface area (Å²) in [6, 6.07) is 10.7. The molecular weight excluding hydrogens is 294 g/mol. The Morgan fingerprint density at radius 1 is 1.08 bits per heavy atom. The Bertz CT molecular complexity index is 530. The number of piperidine rings is 3. The molecule has 0 aliphatic carbocycles. The molecule has 3 aliphatic rings. The maximum absolute atomic E-state index is 13.3. The molecular formula is C22H33NO. The highest BCUT2D eigenvalue weighted by Crippen LogP contribution is 2.49. The second kappa shape index (κ2) is 7.82. The predicted octanol–water partition coefficient (Wildman–Crippen LogP) is 4.87. The third kappa shape index (κ3) is 3.44. The van der Waals surface area contributed by atoms with E-state index in [1.54, 1.807) is 0 Å². The zero-order chi connectivity index (χ0) is 17.0. The van der Waals surface area contributed by atoms with E-state index in [0.717, 1.165) is 25.9 Å². The first-order chi connectivity index (χ1) is 11.7. The molecule has 3 fully saturated rings. The summed E-state index contributed by atoms with van der Waals surface area (Å²) in [6.45, 7) is 6.82. The molecule has 0 radical (unpaired) electrons. The van der Waals surface area contributed by atoms with Gasteiger partial charge in [-0.1, -0.05) is 69.9 Å². The van der Waals surface area contributed by atoms with Crippen LogP contribution in [0.25, 0.3) is 0 Å². The van der Waals surface area contributed by atoms with E-state index in [2.05, 4.69) is 49.1 Å². The minimum atomic E-state index is 0.127. The third-order valence-electron chi connectivity index (χ3n) is 6.40. The van der Waals surface area contributed by atoms with Gasteiger partial charge in [0.2, 0.25) is 0 Å². The zero-order valence-corrected chi connectivity index (χ0v) is 15.5. The van der Waals surface area contributed by atoms with Crippen LogP contribution in [0.1, 0.15) is 64.4 Å². The highest BCUT2D eigenvalue weighted by molar-refractivity contribution is 5.89. The highest BCUT2D eigenvalue weighted by atomic mass is 16.1. The number of ketones is 1. The first-order valence-corrected chi connectivity index (χ1v) is 10.0. The number of Topliss-reactive ketones (excluding diaryl/α,β-unsaturated/α-hetero) is 1. The van der Waals surface area contributed by atoms with E-state index in [1.165, 1.54) is 44.1 Å². The van der Waals surface area contributed by atoms with E-state index in [9.17, 15) is 4.79 Å². The summed E-state index contributed by atoms with van der Waals surface area (Å²) in [5, 5.41) is 0. The van der Waals surface area contributed by atoms with E-state index in [1.807, 2.05) is 0 Å². The van der Waals surface area contributed by atoms with Gasteiger partial charge in [0.1, 0.15) is 0 Å². The number of benzene rings is 1. The summed E-state index contributed by atoms with van der Waals surface area (Å²) in [6.07, 6.45) is 9.49. The van der Waals surface area contributed by atoms with Crippen molar-refractivity contribution in [3.8, 4) is 0 Å². The normalized spacial score (nSPS) is 28.2. The zero-order valence-electron chi connectivity index (χ0n) is 15.5. The molecule has 3 aliphatic heterocycles. The second-order valence-electron chi connectivity index (χ2n) is 7.99. The Labute approximate surface area is 147 Å². The molecule has 3 unspecified atom stereocenters. The average molecular weight is 328 g/mol. The van der Waals surface area contributed by atoms with E-state index in [4.69, 9.17) is 0 Å². The molecule has 132 valence electrons. The average Bonchev–Trinajstić information content (AvgIpc) is 2.62. The molecule has 24 heavy (non-hydrogen) atoms. The number of fused-ring (bicyclic) bond motifs is 3. The summed E-state index contributed by atoms with van der Waals surface area (Å²) in [4.78, 5) is 15.8. The monoisotopic (exact) mass is 327 g/mol. The summed E-state index contributed by atoms with van der Waals surface area (Å²) >= 11 is 0. The van der Waals surface area contributed by atoms with Gasteiger partial charge in [-0.3, -0.25) is 9.69 Å². The van der Waals surface area contributed by atoms with Gasteiger partial charge < -0.3 is 0 Å². The first kappa shape index (κ1) is 17.7. The van der Waals surface area contributed by atoms with Crippen LogP contribution in [0.2, 0.25) is 0 Å². The van der Waals surface area contributed by atoms with Gasteiger partial charge in [0.05, 0.1) is 6.04 Å². The Hall–Kier alpha value is -1.15. The lowest BCUT2D eigenvalue weighted by Crippen LogP contribution is -2.64. The molecule has 3 saturated heterocycles. The van der Waals surface area contributed by atoms with Gasteiger partial charge in [0, 0.05) is 12.5 Å². The van der Waals surface area contributed by atoms with Crippen LogP contribution in [0, 0.1) is 11.3 Å². The van der Waals surface area contributed by atoms with Crippen molar-refractivity contribution < 1.29 is 4.79 Å². The van der Waals surface area contributed by atoms with Gasteiger partial charge in [-0.15, -0.1) is 0 Å². The lowest BCUT2D eigenvalue weighted by molar-refractivity contribution is -0.152. The van der Waals surface area contributed by atoms with Crippen LogP contribution in [0.3, 0.4) is 0 Å². The smallest absolute Gasteiger partial charge is 0.154 e. The molecule has 2 heteroatoms. The van der Waals surface area contributed by atoms with Crippen molar-refractivity contribution in [3.63, 3.8) is 0 Å². The van der Waals surface area contributed by atoms with Crippen molar-refractivity contribution in [2.45, 2.75) is 71.3 Å². The minimum absolute atomic E-state index is 0.127. The van der Waals surface area contributed by atoms with Crippen molar-refractivity contribution in [1.82, 2.24) is 4.90 Å². The fourth-order valence-electron chi connectivity index (χ4n) is 5.07. The second-order valence-corrected chi connectivity index (χ2v) is 7.99. The molecule has 4 rings (SSSR count). The van der Waals surface area contributed by atoms with Gasteiger partial charge >= 0.3 is 0 Å². The van der Waals surface area contributed by atoms with Crippen molar-refractivity contribution in [2.24, 2.45) is 11.3 Å². The Kier molecular flexibility index (Phi) is 5.76. The molecule has 2 nitrogen and oxygen atoms in total. The standard InChI is InChI=1S/C22H33NO/c1-3-5-13-22(14-6-4-2)17-23-15-12-19(22)21(24)20(23)16-18-10-8-7-9-11-18/h7-11,19-20H,3-6,12-17H2,1-2H3. The van der Waals surface area contributed by atoms with Gasteiger partial charge in [0.25, 0.3) is 0 Å². The maximum atomic E-state index is 13.3. The largest absolute Gasteiger partial charge is 0.298 e. The van der Waals surface area contributed by atoms with Crippen LogP contribution in [0.4, 0.5) is 0 Å². The Morgan fingerprint density at radius 3 is 2.33 bits per heavy atom. The van der Waals surface area contributed by atoms with E-state index < -0.39 is 0 Å². The summed E-state index contributed by atoms with van der Waals surface area (Å²) < 4.78 is 0. The van der Waals surface area contributed by atoms with Crippen LogP contribution < -0.4 is 0 Å². The molecule has 3 heterocycles. The third-order valence-corrected chi connectivity index (χ3v) is 6.40. The fraction of sp³-hybridized carbons (Fsp3) is 0.682. The molecule has 3 atom stereocenters. The van der Waals surface area contributed by atoms with E-state index in [0.29, 0.717) is 11.7 Å². The number of nitrogens with zero attached hydrogens (tertiary/aromatic N) is 1. The number of hydrogen-bond donors (Lipinski definition) is 0. The summed E-state index contributed by atoms with van der Waals surface area (Å²) in [7, 11) is 0. The van der Waals surface area contributed by atoms with E-state index in [-0.39, 0.29) is 11.5 Å². The predicted molar refractivity (Wildman–Crippen MR) is 100 cm³/mol. The lowest BCUT2D eigenvalue weighted by Gasteiger charge is -2.56. The fourth-order valence-corrected chi connectivity index (χ4v) is 5.07. The van der Waals surface area contributed by atoms with Crippen molar-refractivity contribution >= 4 is 5.78 Å². The highest BCUT2D eigenvalue weighted by Gasteiger charge is 2.53. The van der Waals surface area contributed by atoms with Crippen LogP contribution in [-0.2, 0) is 11.2 Å². The van der Waals surface area contributed by atoms with Crippen molar-refractivity contribution in [2.75, 3.05) is 13.1 Å². The van der Waals surface area contributed by atoms with Gasteiger partial charge in [0.15, 0.2) is 5.78 Å². The molecule has 1 aromatic rings. The molecule has 0 spiro atoms.